The number of hydrogen-bond donors (Lipinski definition) is 1. The molecule has 0 spiro atoms. The van der Waals surface area contributed by atoms with Gasteiger partial charge in [0.25, 0.3) is 0 Å². The van der Waals surface area contributed by atoms with Crippen molar-refractivity contribution in [3.63, 3.8) is 0 Å². The van der Waals surface area contributed by atoms with Crippen LogP contribution in [0.3, 0.4) is 0 Å². The first-order valence-corrected chi connectivity index (χ1v) is 8.33. The third-order valence-electron chi connectivity index (χ3n) is 3.37. The highest BCUT2D eigenvalue weighted by molar-refractivity contribution is 8.01. The van der Waals surface area contributed by atoms with E-state index in [-0.39, 0.29) is 22.4 Å². The van der Waals surface area contributed by atoms with Gasteiger partial charge >= 0.3 is 0 Å². The predicted octanol–water partition coefficient (Wildman–Crippen LogP) is 2.83. The third kappa shape index (κ3) is 3.71. The zero-order valence-electron chi connectivity index (χ0n) is 12.1. The maximum absolute atomic E-state index is 12.3. The van der Waals surface area contributed by atoms with Gasteiger partial charge in [0.15, 0.2) is 0 Å². The van der Waals surface area contributed by atoms with Gasteiger partial charge < -0.3 is 10.2 Å². The summed E-state index contributed by atoms with van der Waals surface area (Å²) in [6, 6.07) is 7.55. The molecule has 21 heavy (non-hydrogen) atoms. The summed E-state index contributed by atoms with van der Waals surface area (Å²) in [7, 11) is 0. The number of carbonyl (C=O) groups is 2. The van der Waals surface area contributed by atoms with Crippen LogP contribution in [0.25, 0.3) is 0 Å². The number of nitrogens with one attached hydrogen (secondary N) is 1. The van der Waals surface area contributed by atoms with E-state index in [9.17, 15) is 9.59 Å². The molecule has 0 saturated carbocycles. The summed E-state index contributed by atoms with van der Waals surface area (Å²) in [6.07, 6.45) is 0.313. The van der Waals surface area contributed by atoms with Crippen molar-refractivity contribution in [1.29, 1.82) is 0 Å². The van der Waals surface area contributed by atoms with Gasteiger partial charge in [-0.15, -0.1) is 11.8 Å². The molecule has 1 fully saturated rings. The maximum atomic E-state index is 12.3. The van der Waals surface area contributed by atoms with Gasteiger partial charge in [0.2, 0.25) is 11.8 Å². The predicted molar refractivity (Wildman–Crippen MR) is 86.3 cm³/mol. The smallest absolute Gasteiger partial charge is 0.236 e. The first-order valence-electron chi connectivity index (χ1n) is 7.01. The second-order valence-corrected chi connectivity index (χ2v) is 6.72. The molecule has 2 amide bonds. The van der Waals surface area contributed by atoms with Crippen LogP contribution in [0.2, 0.25) is 5.02 Å². The highest BCUT2D eigenvalue weighted by Gasteiger charge is 2.39. The number of benzene rings is 1. The molecule has 2 unspecified atom stereocenters. The van der Waals surface area contributed by atoms with Gasteiger partial charge in [0.1, 0.15) is 5.37 Å². The van der Waals surface area contributed by atoms with Crippen molar-refractivity contribution in [2.75, 3.05) is 13.1 Å². The van der Waals surface area contributed by atoms with E-state index >= 15 is 0 Å². The molecule has 0 radical (unpaired) electrons. The summed E-state index contributed by atoms with van der Waals surface area (Å²) in [4.78, 5) is 25.7. The minimum Gasteiger partial charge on any atom is -0.356 e. The zero-order valence-corrected chi connectivity index (χ0v) is 13.7. The molecule has 1 heterocycles. The van der Waals surface area contributed by atoms with Gasteiger partial charge in [-0.2, -0.15) is 0 Å². The summed E-state index contributed by atoms with van der Waals surface area (Å²) in [5.41, 5.74) is 0.928. The Labute approximate surface area is 134 Å². The Morgan fingerprint density at radius 3 is 2.81 bits per heavy atom. The second kappa shape index (κ2) is 7.18. The Balaban J connectivity index is 2.14. The number of amides is 2. The van der Waals surface area contributed by atoms with Gasteiger partial charge in [-0.05, 0) is 19.9 Å². The fourth-order valence-corrected chi connectivity index (χ4v) is 3.98. The topological polar surface area (TPSA) is 49.4 Å². The highest BCUT2D eigenvalue weighted by Crippen LogP contribution is 2.44. The molecule has 1 aliphatic rings. The molecule has 1 N–H and O–H groups in total. The standard InChI is InChI=1S/C15H19ClN2O2S/c1-3-17-13(19)8-9-18-14(20)10(2)21-15(18)11-6-4-5-7-12(11)16/h4-7,10,15H,3,8-9H2,1-2H3,(H,17,19). The molecule has 2 atom stereocenters. The van der Waals surface area contributed by atoms with Crippen molar-refractivity contribution in [2.24, 2.45) is 0 Å². The number of rotatable bonds is 5. The molecule has 6 heteroatoms. The van der Waals surface area contributed by atoms with E-state index in [0.29, 0.717) is 24.5 Å². The van der Waals surface area contributed by atoms with Crippen LogP contribution in [-0.4, -0.2) is 35.1 Å². The Morgan fingerprint density at radius 1 is 1.43 bits per heavy atom. The zero-order chi connectivity index (χ0) is 15.4. The van der Waals surface area contributed by atoms with E-state index < -0.39 is 0 Å². The highest BCUT2D eigenvalue weighted by atomic mass is 35.5. The second-order valence-electron chi connectivity index (χ2n) is 4.89. The molecule has 1 saturated heterocycles. The summed E-state index contributed by atoms with van der Waals surface area (Å²) in [6.45, 7) is 4.79. The van der Waals surface area contributed by atoms with E-state index in [1.54, 1.807) is 16.7 Å². The average Bonchev–Trinajstić information content (AvgIpc) is 2.73. The molecule has 114 valence electrons. The fourth-order valence-electron chi connectivity index (χ4n) is 2.33. The molecular weight excluding hydrogens is 308 g/mol. The molecule has 1 aromatic carbocycles. The van der Waals surface area contributed by atoms with Crippen molar-refractivity contribution in [3.05, 3.63) is 34.9 Å². The molecule has 1 aliphatic heterocycles. The maximum Gasteiger partial charge on any atom is 0.236 e. The summed E-state index contributed by atoms with van der Waals surface area (Å²) in [5.74, 6) is 0.0296. The molecule has 2 rings (SSSR count). The number of hydrogen-bond acceptors (Lipinski definition) is 3. The lowest BCUT2D eigenvalue weighted by atomic mass is 10.2. The van der Waals surface area contributed by atoms with Crippen LogP contribution in [0.5, 0.6) is 0 Å². The lowest BCUT2D eigenvalue weighted by Crippen LogP contribution is -2.34. The normalized spacial score (nSPS) is 21.7. The lowest BCUT2D eigenvalue weighted by molar-refractivity contribution is -0.130. The van der Waals surface area contributed by atoms with Crippen LogP contribution in [-0.2, 0) is 9.59 Å². The molecule has 4 nitrogen and oxygen atoms in total. The summed E-state index contributed by atoms with van der Waals surface area (Å²) in [5, 5.41) is 3.18. The lowest BCUT2D eigenvalue weighted by Gasteiger charge is -2.24. The van der Waals surface area contributed by atoms with E-state index in [4.69, 9.17) is 11.6 Å². The van der Waals surface area contributed by atoms with Gasteiger partial charge in [-0.1, -0.05) is 29.8 Å². The van der Waals surface area contributed by atoms with Crippen LogP contribution in [0.4, 0.5) is 0 Å². The molecule has 0 aliphatic carbocycles. The average molecular weight is 327 g/mol. The molecular formula is C15H19ClN2O2S. The minimum absolute atomic E-state index is 0.0345. The van der Waals surface area contributed by atoms with Gasteiger partial charge in [-0.3, -0.25) is 9.59 Å². The number of carbonyl (C=O) groups excluding carboxylic acids is 2. The van der Waals surface area contributed by atoms with E-state index in [1.165, 1.54) is 0 Å². The SMILES string of the molecule is CCNC(=O)CCN1C(=O)C(C)SC1c1ccccc1Cl. The summed E-state index contributed by atoms with van der Waals surface area (Å²) < 4.78 is 0. The Hall–Kier alpha value is -1.20. The van der Waals surface area contributed by atoms with Crippen molar-refractivity contribution < 1.29 is 9.59 Å². The molecule has 1 aromatic rings. The number of thioether (sulfide) groups is 1. The first-order chi connectivity index (χ1) is 10.0. The van der Waals surface area contributed by atoms with E-state index in [2.05, 4.69) is 5.32 Å². The molecule has 0 bridgehead atoms. The number of nitrogens with zero attached hydrogens (tertiary/aromatic N) is 1. The first kappa shape index (κ1) is 16.2. The fraction of sp³-hybridized carbons (Fsp3) is 0.467. The largest absolute Gasteiger partial charge is 0.356 e. The van der Waals surface area contributed by atoms with Gasteiger partial charge in [-0.25, -0.2) is 0 Å². The van der Waals surface area contributed by atoms with Gasteiger partial charge in [0, 0.05) is 30.1 Å². The van der Waals surface area contributed by atoms with Crippen LogP contribution in [0.1, 0.15) is 31.2 Å². The van der Waals surface area contributed by atoms with Crippen molar-refractivity contribution >= 4 is 35.2 Å². The Bertz CT molecular complexity index is 538. The van der Waals surface area contributed by atoms with E-state index in [1.807, 2.05) is 38.1 Å². The number of halogens is 1. The monoisotopic (exact) mass is 326 g/mol. The van der Waals surface area contributed by atoms with Crippen LogP contribution in [0, 0.1) is 0 Å². The Kier molecular flexibility index (Phi) is 5.53. The van der Waals surface area contributed by atoms with Crippen LogP contribution in [0.15, 0.2) is 24.3 Å². The van der Waals surface area contributed by atoms with E-state index in [0.717, 1.165) is 5.56 Å². The quantitative estimate of drug-likeness (QED) is 0.905. The molecule has 0 aromatic heterocycles. The van der Waals surface area contributed by atoms with Crippen molar-refractivity contribution in [1.82, 2.24) is 10.2 Å². The summed E-state index contributed by atoms with van der Waals surface area (Å²) >= 11 is 7.82. The Morgan fingerprint density at radius 2 is 2.14 bits per heavy atom. The minimum atomic E-state index is -0.115. The van der Waals surface area contributed by atoms with Gasteiger partial charge in [0.05, 0.1) is 5.25 Å². The van der Waals surface area contributed by atoms with Crippen LogP contribution < -0.4 is 5.32 Å². The van der Waals surface area contributed by atoms with Crippen molar-refractivity contribution in [2.45, 2.75) is 30.9 Å². The van der Waals surface area contributed by atoms with Crippen LogP contribution >= 0.6 is 23.4 Å². The third-order valence-corrected chi connectivity index (χ3v) is 5.09. The van der Waals surface area contributed by atoms with Crippen molar-refractivity contribution in [3.8, 4) is 0 Å².